The smallest absolute Gasteiger partial charge is 0.191 e. The topological polar surface area (TPSA) is 96.6 Å². The highest BCUT2D eigenvalue weighted by molar-refractivity contribution is 14.0. The third-order valence-corrected chi connectivity index (χ3v) is 5.01. The van der Waals surface area contributed by atoms with Crippen molar-refractivity contribution in [1.82, 2.24) is 25.4 Å². The van der Waals surface area contributed by atoms with Crippen LogP contribution in [-0.4, -0.2) is 45.0 Å². The molecule has 0 bridgehead atoms. The minimum atomic E-state index is -0.647. The number of guanidine groups is 1. The van der Waals surface area contributed by atoms with Gasteiger partial charge >= 0.3 is 0 Å². The van der Waals surface area contributed by atoms with Gasteiger partial charge in [-0.05, 0) is 51.3 Å². The van der Waals surface area contributed by atoms with Crippen molar-refractivity contribution in [3.8, 4) is 5.75 Å². The zero-order valence-electron chi connectivity index (χ0n) is 18.7. The monoisotopic (exact) mass is 542 g/mol. The molecule has 2 heterocycles. The lowest BCUT2D eigenvalue weighted by Crippen LogP contribution is -2.39. The molecule has 1 aromatic heterocycles. The normalized spacial score (nSPS) is 14.9. The maximum absolute atomic E-state index is 10.5. The molecule has 8 nitrogen and oxygen atoms in total. The molecular formula is C22H35IN6O2. The second-order valence-electron chi connectivity index (χ2n) is 7.82. The molecule has 0 radical (unpaired) electrons. The van der Waals surface area contributed by atoms with E-state index in [-0.39, 0.29) is 30.1 Å². The number of fused-ring (bicyclic) bond motifs is 1. The maximum atomic E-state index is 10.5. The lowest BCUT2D eigenvalue weighted by Gasteiger charge is -2.16. The molecule has 172 valence electrons. The average Bonchev–Trinajstić information content (AvgIpc) is 2.96. The molecule has 3 N–H and O–H groups in total. The highest BCUT2D eigenvalue weighted by Gasteiger charge is 2.15. The predicted octanol–water partition coefficient (Wildman–Crippen LogP) is 3.20. The summed E-state index contributed by atoms with van der Waals surface area (Å²) in [6, 6.07) is 7.54. The van der Waals surface area contributed by atoms with E-state index in [0.717, 1.165) is 48.9 Å². The van der Waals surface area contributed by atoms with Crippen LogP contribution in [-0.2, 0) is 19.5 Å². The van der Waals surface area contributed by atoms with Crippen molar-refractivity contribution in [2.45, 2.75) is 71.8 Å². The molecule has 0 amide bonds. The second kappa shape index (κ2) is 12.8. The number of aryl methyl sites for hydroxylation is 1. The largest absolute Gasteiger partial charge is 0.491 e. The lowest BCUT2D eigenvalue weighted by molar-refractivity contribution is 0.180. The highest BCUT2D eigenvalue weighted by atomic mass is 127. The van der Waals surface area contributed by atoms with Gasteiger partial charge < -0.3 is 25.0 Å². The number of rotatable bonds is 8. The summed E-state index contributed by atoms with van der Waals surface area (Å²) in [5.41, 5.74) is 0.831. The van der Waals surface area contributed by atoms with Gasteiger partial charge in [0.15, 0.2) is 11.8 Å². The molecule has 1 unspecified atom stereocenters. The second-order valence-corrected chi connectivity index (χ2v) is 7.82. The minimum Gasteiger partial charge on any atom is -0.491 e. The summed E-state index contributed by atoms with van der Waals surface area (Å²) in [5.74, 6) is 3.42. The molecule has 1 aliphatic rings. The van der Waals surface area contributed by atoms with E-state index in [0.29, 0.717) is 19.0 Å². The Hall–Kier alpha value is -1.88. The van der Waals surface area contributed by atoms with E-state index >= 15 is 0 Å². The van der Waals surface area contributed by atoms with Gasteiger partial charge in [-0.3, -0.25) is 0 Å². The lowest BCUT2D eigenvalue weighted by atomic mass is 10.1. The Morgan fingerprint density at radius 2 is 1.94 bits per heavy atom. The summed E-state index contributed by atoms with van der Waals surface area (Å²) in [7, 11) is 0. The van der Waals surface area contributed by atoms with Crippen LogP contribution in [0.2, 0.25) is 0 Å². The number of aromatic nitrogens is 3. The number of aliphatic hydroxyl groups excluding tert-OH is 1. The number of benzene rings is 1. The SMILES string of the molecule is CCNC(=NCc1nnc2n1CCCCC2)NCC(O)c1ccc(OC(C)C)cc1.I. The Bertz CT molecular complexity index is 822. The number of halogens is 1. The summed E-state index contributed by atoms with van der Waals surface area (Å²) in [6.45, 7) is 8.52. The number of nitrogens with zero attached hydrogens (tertiary/aromatic N) is 4. The molecule has 1 aliphatic heterocycles. The van der Waals surface area contributed by atoms with E-state index in [1.54, 1.807) is 0 Å². The first-order valence-electron chi connectivity index (χ1n) is 10.9. The molecule has 1 atom stereocenters. The molecule has 0 fully saturated rings. The molecule has 9 heteroatoms. The zero-order chi connectivity index (χ0) is 21.3. The number of nitrogens with one attached hydrogen (secondary N) is 2. The first-order valence-corrected chi connectivity index (χ1v) is 10.9. The fourth-order valence-corrected chi connectivity index (χ4v) is 3.51. The standard InChI is InChI=1S/C22H34N6O2.HI/c1-4-23-22(25-15-21-27-26-20-8-6-5-7-13-28(20)21)24-14-19(29)17-9-11-18(12-10-17)30-16(2)3;/h9-12,16,19,29H,4-8,13-15H2,1-3H3,(H2,23,24,25);1H. The van der Waals surface area contributed by atoms with E-state index in [4.69, 9.17) is 4.74 Å². The first kappa shape index (κ1) is 25.4. The summed E-state index contributed by atoms with van der Waals surface area (Å²) in [4.78, 5) is 4.65. The van der Waals surface area contributed by atoms with Crippen molar-refractivity contribution in [3.05, 3.63) is 41.5 Å². The molecule has 0 aliphatic carbocycles. The fourth-order valence-electron chi connectivity index (χ4n) is 3.51. The van der Waals surface area contributed by atoms with Crippen LogP contribution in [0.1, 0.15) is 63.3 Å². The quantitative estimate of drug-likeness (QED) is 0.270. The third-order valence-electron chi connectivity index (χ3n) is 5.01. The maximum Gasteiger partial charge on any atom is 0.191 e. The van der Waals surface area contributed by atoms with Crippen molar-refractivity contribution < 1.29 is 9.84 Å². The number of ether oxygens (including phenoxy) is 1. The molecule has 1 aromatic carbocycles. The molecular weight excluding hydrogens is 507 g/mol. The number of aliphatic imine (C=N–C) groups is 1. The number of hydrogen-bond acceptors (Lipinski definition) is 5. The summed E-state index contributed by atoms with van der Waals surface area (Å²) < 4.78 is 7.86. The Kier molecular flexibility index (Phi) is 10.5. The number of hydrogen-bond donors (Lipinski definition) is 3. The van der Waals surface area contributed by atoms with E-state index in [1.165, 1.54) is 12.8 Å². The van der Waals surface area contributed by atoms with Crippen LogP contribution in [0.25, 0.3) is 0 Å². The van der Waals surface area contributed by atoms with E-state index in [9.17, 15) is 5.11 Å². The Morgan fingerprint density at radius 3 is 2.65 bits per heavy atom. The zero-order valence-corrected chi connectivity index (χ0v) is 21.0. The fraction of sp³-hybridized carbons (Fsp3) is 0.591. The van der Waals surface area contributed by atoms with Crippen LogP contribution in [0.4, 0.5) is 0 Å². The first-order chi connectivity index (χ1) is 14.6. The van der Waals surface area contributed by atoms with Gasteiger partial charge in [0.25, 0.3) is 0 Å². The van der Waals surface area contributed by atoms with Crippen LogP contribution in [0.3, 0.4) is 0 Å². The highest BCUT2D eigenvalue weighted by Crippen LogP contribution is 2.18. The molecule has 3 rings (SSSR count). The van der Waals surface area contributed by atoms with Crippen molar-refractivity contribution in [2.24, 2.45) is 4.99 Å². The van der Waals surface area contributed by atoms with Crippen LogP contribution >= 0.6 is 24.0 Å². The van der Waals surface area contributed by atoms with E-state index < -0.39 is 6.10 Å². The molecule has 2 aromatic rings. The molecule has 0 saturated heterocycles. The van der Waals surface area contributed by atoms with Crippen molar-refractivity contribution in [1.29, 1.82) is 0 Å². The van der Waals surface area contributed by atoms with Gasteiger partial charge in [0, 0.05) is 26.1 Å². The van der Waals surface area contributed by atoms with Gasteiger partial charge in [-0.1, -0.05) is 18.6 Å². The third kappa shape index (κ3) is 7.64. The van der Waals surface area contributed by atoms with Crippen molar-refractivity contribution in [2.75, 3.05) is 13.1 Å². The van der Waals surface area contributed by atoms with Crippen LogP contribution in [0.5, 0.6) is 5.75 Å². The molecule has 0 saturated carbocycles. The number of aliphatic hydroxyl groups is 1. The summed E-state index contributed by atoms with van der Waals surface area (Å²) in [6.07, 6.45) is 4.04. The van der Waals surface area contributed by atoms with E-state index in [2.05, 4.69) is 30.4 Å². The Morgan fingerprint density at radius 1 is 1.16 bits per heavy atom. The van der Waals surface area contributed by atoms with Crippen LogP contribution < -0.4 is 15.4 Å². The minimum absolute atomic E-state index is 0. The Balaban J connectivity index is 0.00000341. The van der Waals surface area contributed by atoms with Gasteiger partial charge in [-0.2, -0.15) is 0 Å². The molecule has 31 heavy (non-hydrogen) atoms. The van der Waals surface area contributed by atoms with Crippen molar-refractivity contribution in [3.63, 3.8) is 0 Å². The van der Waals surface area contributed by atoms with Gasteiger partial charge in [0.2, 0.25) is 0 Å². The van der Waals surface area contributed by atoms with Gasteiger partial charge in [-0.15, -0.1) is 34.2 Å². The van der Waals surface area contributed by atoms with Gasteiger partial charge in [0.05, 0.1) is 12.2 Å². The van der Waals surface area contributed by atoms with E-state index in [1.807, 2.05) is 45.0 Å². The van der Waals surface area contributed by atoms with Gasteiger partial charge in [-0.25, -0.2) is 4.99 Å². The van der Waals surface area contributed by atoms with Crippen LogP contribution in [0.15, 0.2) is 29.3 Å². The van der Waals surface area contributed by atoms with Crippen LogP contribution in [0, 0.1) is 0 Å². The molecule has 0 spiro atoms. The predicted molar refractivity (Wildman–Crippen MR) is 133 cm³/mol. The average molecular weight is 542 g/mol. The summed E-state index contributed by atoms with van der Waals surface area (Å²) in [5, 5.41) is 25.6. The Labute approximate surface area is 201 Å². The van der Waals surface area contributed by atoms with Gasteiger partial charge in [0.1, 0.15) is 18.1 Å². The van der Waals surface area contributed by atoms with Crippen molar-refractivity contribution >= 4 is 29.9 Å². The summed E-state index contributed by atoms with van der Waals surface area (Å²) >= 11 is 0.